The fourth-order valence-corrected chi connectivity index (χ4v) is 1.39. The number of nitrogens with zero attached hydrogens (tertiary/aromatic N) is 1. The van der Waals surface area contributed by atoms with E-state index in [4.69, 9.17) is 5.11 Å². The molecule has 1 aromatic rings. The molecule has 0 spiro atoms. The van der Waals surface area contributed by atoms with Crippen LogP contribution in [0.1, 0.15) is 22.3 Å². The lowest BCUT2D eigenvalue weighted by Gasteiger charge is -2.11. The maximum absolute atomic E-state index is 13.7. The minimum atomic E-state index is -0.618. The molecule has 2 N–H and O–H groups in total. The smallest absolute Gasteiger partial charge is 0.251 e. The maximum Gasteiger partial charge on any atom is 0.251 e. The number of aliphatic hydroxyl groups excluding tert-OH is 1. The number of amides is 2. The van der Waals surface area contributed by atoms with Gasteiger partial charge in [0.1, 0.15) is 5.82 Å². The summed E-state index contributed by atoms with van der Waals surface area (Å²) in [6.45, 7) is -0.236. The first-order valence-corrected chi connectivity index (χ1v) is 6.33. The van der Waals surface area contributed by atoms with Gasteiger partial charge in [0.15, 0.2) is 0 Å². The van der Waals surface area contributed by atoms with Gasteiger partial charge in [-0.3, -0.25) is 9.59 Å². The Hall–Kier alpha value is -2.39. The average molecular weight is 292 g/mol. The van der Waals surface area contributed by atoms with E-state index < -0.39 is 11.7 Å². The highest BCUT2D eigenvalue weighted by Crippen LogP contribution is 2.09. The van der Waals surface area contributed by atoms with E-state index in [0.717, 1.165) is 6.07 Å². The number of likely N-dealkylation sites (N-methyl/N-ethyl adjacent to an activating group) is 1. The van der Waals surface area contributed by atoms with Crippen molar-refractivity contribution >= 4 is 11.8 Å². The van der Waals surface area contributed by atoms with Gasteiger partial charge in [0.05, 0.1) is 18.7 Å². The molecule has 112 valence electrons. The summed E-state index contributed by atoms with van der Waals surface area (Å²) >= 11 is 0. The molecular formula is C15H17FN2O3. The van der Waals surface area contributed by atoms with Gasteiger partial charge in [-0.2, -0.15) is 0 Å². The largest absolute Gasteiger partial charge is 0.395 e. The highest BCUT2D eigenvalue weighted by molar-refractivity contribution is 5.96. The summed E-state index contributed by atoms with van der Waals surface area (Å²) in [5, 5.41) is 11.0. The second-order valence-electron chi connectivity index (χ2n) is 4.44. The zero-order valence-corrected chi connectivity index (χ0v) is 11.9. The van der Waals surface area contributed by atoms with E-state index in [1.54, 1.807) is 14.1 Å². The number of hydrogen-bond acceptors (Lipinski definition) is 3. The van der Waals surface area contributed by atoms with Gasteiger partial charge in [0.2, 0.25) is 5.91 Å². The van der Waals surface area contributed by atoms with Crippen LogP contribution in [0.5, 0.6) is 0 Å². The molecule has 0 aliphatic heterocycles. The van der Waals surface area contributed by atoms with Gasteiger partial charge < -0.3 is 15.3 Å². The van der Waals surface area contributed by atoms with E-state index >= 15 is 0 Å². The van der Waals surface area contributed by atoms with Crippen LogP contribution in [0.3, 0.4) is 0 Å². The molecule has 2 amide bonds. The Morgan fingerprint density at radius 2 is 2.10 bits per heavy atom. The van der Waals surface area contributed by atoms with Crippen molar-refractivity contribution < 1.29 is 19.1 Å². The van der Waals surface area contributed by atoms with Crippen LogP contribution in [0, 0.1) is 17.7 Å². The van der Waals surface area contributed by atoms with Crippen molar-refractivity contribution in [3.63, 3.8) is 0 Å². The molecule has 0 atom stereocenters. The van der Waals surface area contributed by atoms with Crippen molar-refractivity contribution in [3.05, 3.63) is 35.1 Å². The minimum absolute atomic E-state index is 0.0883. The Morgan fingerprint density at radius 1 is 1.38 bits per heavy atom. The standard InChI is InChI=1S/C15H17FN2O3/c1-18(2)14(20)10-17-15(21)12-7-6-11(13(16)9-12)5-3-4-8-19/h6-7,9,19H,4,8,10H2,1-2H3,(H,17,21). The van der Waals surface area contributed by atoms with Crippen LogP contribution in [0.4, 0.5) is 4.39 Å². The molecule has 21 heavy (non-hydrogen) atoms. The predicted molar refractivity (Wildman–Crippen MR) is 76.0 cm³/mol. The van der Waals surface area contributed by atoms with Crippen molar-refractivity contribution in [2.24, 2.45) is 0 Å². The van der Waals surface area contributed by atoms with Gasteiger partial charge in [-0.25, -0.2) is 4.39 Å². The fraction of sp³-hybridized carbons (Fsp3) is 0.333. The number of benzene rings is 1. The molecule has 0 aromatic heterocycles. The first-order valence-electron chi connectivity index (χ1n) is 6.33. The molecule has 6 heteroatoms. The average Bonchev–Trinajstić information content (AvgIpc) is 2.46. The van der Waals surface area contributed by atoms with Gasteiger partial charge in [0, 0.05) is 26.1 Å². The molecule has 0 fully saturated rings. The molecule has 5 nitrogen and oxygen atoms in total. The van der Waals surface area contributed by atoms with Crippen molar-refractivity contribution in [1.82, 2.24) is 10.2 Å². The molecule has 1 rings (SSSR count). The Kier molecular flexibility index (Phi) is 6.37. The van der Waals surface area contributed by atoms with E-state index in [1.807, 2.05) is 0 Å². The number of carbonyl (C=O) groups is 2. The molecule has 1 aromatic carbocycles. The number of halogens is 1. The highest BCUT2D eigenvalue weighted by Gasteiger charge is 2.11. The third-order valence-electron chi connectivity index (χ3n) is 2.59. The third-order valence-corrected chi connectivity index (χ3v) is 2.59. The summed E-state index contributed by atoms with van der Waals surface area (Å²) in [4.78, 5) is 24.5. The van der Waals surface area contributed by atoms with Gasteiger partial charge in [-0.05, 0) is 18.2 Å². The van der Waals surface area contributed by atoms with Crippen molar-refractivity contribution in [2.75, 3.05) is 27.2 Å². The van der Waals surface area contributed by atoms with Crippen LogP contribution in [0.2, 0.25) is 0 Å². The lowest BCUT2D eigenvalue weighted by Crippen LogP contribution is -2.36. The summed E-state index contributed by atoms with van der Waals surface area (Å²) < 4.78 is 13.7. The predicted octanol–water partition coefficient (Wildman–Crippen LogP) is 0.378. The van der Waals surface area contributed by atoms with E-state index in [-0.39, 0.29) is 36.6 Å². The second kappa shape index (κ2) is 8.02. The summed E-state index contributed by atoms with van der Waals surface area (Å²) in [6.07, 6.45) is 0.258. The van der Waals surface area contributed by atoms with Gasteiger partial charge in [-0.1, -0.05) is 11.8 Å². The monoisotopic (exact) mass is 292 g/mol. The van der Waals surface area contributed by atoms with Crippen LogP contribution in [0.25, 0.3) is 0 Å². The Balaban J connectivity index is 2.73. The molecule has 0 radical (unpaired) electrons. The molecule has 0 saturated carbocycles. The number of nitrogens with one attached hydrogen (secondary N) is 1. The summed E-state index contributed by atoms with van der Waals surface area (Å²) in [5.41, 5.74) is 0.274. The quantitative estimate of drug-likeness (QED) is 0.788. The fourth-order valence-electron chi connectivity index (χ4n) is 1.39. The van der Waals surface area contributed by atoms with Gasteiger partial charge in [-0.15, -0.1) is 0 Å². The Labute approximate surface area is 122 Å². The number of aliphatic hydroxyl groups is 1. The van der Waals surface area contributed by atoms with Gasteiger partial charge in [0.25, 0.3) is 5.91 Å². The molecule has 0 heterocycles. The summed E-state index contributed by atoms with van der Waals surface area (Å²) in [7, 11) is 3.15. The van der Waals surface area contributed by atoms with E-state index in [2.05, 4.69) is 17.2 Å². The topological polar surface area (TPSA) is 69.6 Å². The molecule has 0 bridgehead atoms. The Bertz CT molecular complexity index is 588. The number of rotatable bonds is 4. The highest BCUT2D eigenvalue weighted by atomic mass is 19.1. The SMILES string of the molecule is CN(C)C(=O)CNC(=O)c1ccc(C#CCCO)c(F)c1. The summed E-state index contributed by atoms with van der Waals surface area (Å²) in [6, 6.07) is 3.89. The first kappa shape index (κ1) is 16.7. The van der Waals surface area contributed by atoms with E-state index in [9.17, 15) is 14.0 Å². The van der Waals surface area contributed by atoms with Crippen LogP contribution in [-0.4, -0.2) is 49.1 Å². The normalized spacial score (nSPS) is 9.52. The lowest BCUT2D eigenvalue weighted by atomic mass is 10.1. The molecule has 0 saturated heterocycles. The molecule has 0 aliphatic rings. The van der Waals surface area contributed by atoms with Crippen LogP contribution < -0.4 is 5.32 Å². The van der Waals surface area contributed by atoms with Crippen molar-refractivity contribution in [2.45, 2.75) is 6.42 Å². The molecular weight excluding hydrogens is 275 g/mol. The van der Waals surface area contributed by atoms with Gasteiger partial charge >= 0.3 is 0 Å². The van der Waals surface area contributed by atoms with Crippen molar-refractivity contribution in [1.29, 1.82) is 0 Å². The lowest BCUT2D eigenvalue weighted by molar-refractivity contribution is -0.127. The van der Waals surface area contributed by atoms with Crippen LogP contribution in [-0.2, 0) is 4.79 Å². The van der Waals surface area contributed by atoms with Crippen LogP contribution in [0.15, 0.2) is 18.2 Å². The third kappa shape index (κ3) is 5.24. The number of carbonyl (C=O) groups excluding carboxylic acids is 2. The minimum Gasteiger partial charge on any atom is -0.395 e. The van der Waals surface area contributed by atoms with E-state index in [0.29, 0.717) is 0 Å². The Morgan fingerprint density at radius 3 is 2.67 bits per heavy atom. The van der Waals surface area contributed by atoms with Crippen LogP contribution >= 0.6 is 0 Å². The van der Waals surface area contributed by atoms with E-state index in [1.165, 1.54) is 17.0 Å². The zero-order valence-electron chi connectivity index (χ0n) is 11.9. The maximum atomic E-state index is 13.7. The second-order valence-corrected chi connectivity index (χ2v) is 4.44. The molecule has 0 unspecified atom stereocenters. The zero-order chi connectivity index (χ0) is 15.8. The summed E-state index contributed by atoms with van der Waals surface area (Å²) in [5.74, 6) is 3.77. The first-order chi connectivity index (χ1) is 9.95. The molecule has 0 aliphatic carbocycles. The van der Waals surface area contributed by atoms with Crippen molar-refractivity contribution in [3.8, 4) is 11.8 Å². The number of hydrogen-bond donors (Lipinski definition) is 2.